The molecule has 0 aliphatic carbocycles. The molecule has 1 aromatic carbocycles. The van der Waals surface area contributed by atoms with Gasteiger partial charge in [-0.15, -0.1) is 0 Å². The molecule has 0 radical (unpaired) electrons. The molecule has 5 nitrogen and oxygen atoms in total. The van der Waals surface area contributed by atoms with Crippen molar-refractivity contribution >= 4 is 11.9 Å². The smallest absolute Gasteiger partial charge is 0.311 e. The van der Waals surface area contributed by atoms with Crippen molar-refractivity contribution in [2.45, 2.75) is 25.3 Å². The summed E-state index contributed by atoms with van der Waals surface area (Å²) in [5.41, 5.74) is 1.86. The second-order valence-electron chi connectivity index (χ2n) is 5.26. The second kappa shape index (κ2) is 6.39. The average molecular weight is 296 g/mol. The first-order valence-corrected chi connectivity index (χ1v) is 7.17. The SMILES string of the molecule is O=C(CC1CC(=O)Oc2ccccc21)NCc1cccnc1. The molecule has 112 valence electrons. The molecule has 1 aliphatic heterocycles. The van der Waals surface area contributed by atoms with Crippen LogP contribution in [0.1, 0.15) is 29.9 Å². The zero-order valence-corrected chi connectivity index (χ0v) is 12.0. The van der Waals surface area contributed by atoms with Crippen LogP contribution in [0.25, 0.3) is 0 Å². The molecular formula is C17H16N2O3. The van der Waals surface area contributed by atoms with E-state index in [0.717, 1.165) is 11.1 Å². The molecule has 1 amide bonds. The van der Waals surface area contributed by atoms with Crippen LogP contribution < -0.4 is 10.1 Å². The van der Waals surface area contributed by atoms with Gasteiger partial charge in [0.05, 0.1) is 6.42 Å². The largest absolute Gasteiger partial charge is 0.426 e. The Balaban J connectivity index is 1.63. The van der Waals surface area contributed by atoms with Crippen molar-refractivity contribution in [2.75, 3.05) is 0 Å². The minimum atomic E-state index is -0.288. The lowest BCUT2D eigenvalue weighted by molar-refractivity contribution is -0.136. The molecule has 0 bridgehead atoms. The maximum Gasteiger partial charge on any atom is 0.311 e. The maximum atomic E-state index is 12.1. The van der Waals surface area contributed by atoms with E-state index in [0.29, 0.717) is 12.3 Å². The van der Waals surface area contributed by atoms with Crippen LogP contribution in [0.4, 0.5) is 0 Å². The number of carbonyl (C=O) groups excluding carboxylic acids is 2. The van der Waals surface area contributed by atoms with Crippen LogP contribution in [0, 0.1) is 0 Å². The number of benzene rings is 1. The van der Waals surface area contributed by atoms with Crippen LogP contribution in [0.2, 0.25) is 0 Å². The second-order valence-corrected chi connectivity index (χ2v) is 5.26. The van der Waals surface area contributed by atoms with Crippen molar-refractivity contribution in [3.63, 3.8) is 0 Å². The van der Waals surface area contributed by atoms with Crippen LogP contribution in [0.15, 0.2) is 48.8 Å². The summed E-state index contributed by atoms with van der Waals surface area (Å²) in [7, 11) is 0. The maximum absolute atomic E-state index is 12.1. The highest BCUT2D eigenvalue weighted by Gasteiger charge is 2.28. The summed E-state index contributed by atoms with van der Waals surface area (Å²) in [5, 5.41) is 2.86. The molecule has 22 heavy (non-hydrogen) atoms. The molecule has 5 heteroatoms. The van der Waals surface area contributed by atoms with E-state index >= 15 is 0 Å². The average Bonchev–Trinajstić information content (AvgIpc) is 2.54. The Labute approximate surface area is 128 Å². The number of nitrogens with one attached hydrogen (secondary N) is 1. The van der Waals surface area contributed by atoms with E-state index in [1.165, 1.54) is 0 Å². The van der Waals surface area contributed by atoms with Gasteiger partial charge >= 0.3 is 5.97 Å². The summed E-state index contributed by atoms with van der Waals surface area (Å²) in [5.74, 6) is 0.0530. The Hall–Kier alpha value is -2.69. The number of ether oxygens (including phenoxy) is 1. The van der Waals surface area contributed by atoms with E-state index in [1.807, 2.05) is 30.3 Å². The summed E-state index contributed by atoms with van der Waals surface area (Å²) in [6.07, 6.45) is 3.91. The number of nitrogens with zero attached hydrogens (tertiary/aromatic N) is 1. The van der Waals surface area contributed by atoms with Gasteiger partial charge in [-0.1, -0.05) is 24.3 Å². The standard InChI is InChI=1S/C17H16N2O3/c20-16(19-11-12-4-3-7-18-10-12)8-13-9-17(21)22-15-6-2-1-5-14(13)15/h1-7,10,13H,8-9,11H2,(H,19,20). The van der Waals surface area contributed by atoms with E-state index in [4.69, 9.17) is 4.74 Å². The quantitative estimate of drug-likeness (QED) is 0.693. The first kappa shape index (κ1) is 14.3. The first-order chi connectivity index (χ1) is 10.7. The summed E-state index contributed by atoms with van der Waals surface area (Å²) >= 11 is 0. The van der Waals surface area contributed by atoms with Gasteiger partial charge in [0.1, 0.15) is 5.75 Å². The van der Waals surface area contributed by atoms with Gasteiger partial charge in [0.2, 0.25) is 5.91 Å². The molecule has 1 N–H and O–H groups in total. The lowest BCUT2D eigenvalue weighted by Crippen LogP contribution is -2.28. The van der Waals surface area contributed by atoms with Crippen molar-refractivity contribution < 1.29 is 14.3 Å². The summed E-state index contributed by atoms with van der Waals surface area (Å²) in [6, 6.07) is 11.1. The molecule has 3 rings (SSSR count). The van der Waals surface area contributed by atoms with Gasteiger partial charge in [0.25, 0.3) is 0 Å². The molecule has 1 aromatic heterocycles. The number of esters is 1. The fourth-order valence-electron chi connectivity index (χ4n) is 2.57. The third-order valence-corrected chi connectivity index (χ3v) is 3.64. The predicted molar refractivity (Wildman–Crippen MR) is 80.1 cm³/mol. The van der Waals surface area contributed by atoms with Gasteiger partial charge in [-0.25, -0.2) is 0 Å². The Morgan fingerprint density at radius 1 is 1.27 bits per heavy atom. The zero-order valence-electron chi connectivity index (χ0n) is 12.0. The van der Waals surface area contributed by atoms with Gasteiger partial charge in [-0.3, -0.25) is 14.6 Å². The van der Waals surface area contributed by atoms with E-state index in [2.05, 4.69) is 10.3 Å². The Morgan fingerprint density at radius 3 is 2.95 bits per heavy atom. The van der Waals surface area contributed by atoms with Gasteiger partial charge < -0.3 is 10.1 Å². The molecule has 2 heterocycles. The summed E-state index contributed by atoms with van der Waals surface area (Å²) in [4.78, 5) is 27.8. The summed E-state index contributed by atoms with van der Waals surface area (Å²) < 4.78 is 5.19. The number of hydrogen-bond donors (Lipinski definition) is 1. The zero-order chi connectivity index (χ0) is 15.4. The molecule has 1 unspecified atom stereocenters. The third kappa shape index (κ3) is 3.31. The van der Waals surface area contributed by atoms with E-state index in [1.54, 1.807) is 18.5 Å². The number of carbonyl (C=O) groups is 2. The molecule has 0 saturated heterocycles. The number of aromatic nitrogens is 1. The minimum Gasteiger partial charge on any atom is -0.426 e. The van der Waals surface area contributed by atoms with Crippen molar-refractivity contribution in [3.8, 4) is 5.75 Å². The highest BCUT2D eigenvalue weighted by Crippen LogP contribution is 2.35. The van der Waals surface area contributed by atoms with E-state index in [9.17, 15) is 9.59 Å². The number of pyridine rings is 1. The highest BCUT2D eigenvalue weighted by atomic mass is 16.5. The van der Waals surface area contributed by atoms with Crippen molar-refractivity contribution in [1.82, 2.24) is 10.3 Å². The van der Waals surface area contributed by atoms with Crippen molar-refractivity contribution in [1.29, 1.82) is 0 Å². The molecule has 0 fully saturated rings. The van der Waals surface area contributed by atoms with Gasteiger partial charge in [0, 0.05) is 31.3 Å². The van der Waals surface area contributed by atoms with Crippen LogP contribution >= 0.6 is 0 Å². The predicted octanol–water partition coefficient (Wildman–Crippen LogP) is 2.18. The van der Waals surface area contributed by atoms with E-state index in [-0.39, 0.29) is 30.6 Å². The lowest BCUT2D eigenvalue weighted by atomic mass is 9.89. The molecule has 0 saturated carbocycles. The fraction of sp³-hybridized carbons (Fsp3) is 0.235. The topological polar surface area (TPSA) is 68.3 Å². The van der Waals surface area contributed by atoms with Crippen LogP contribution in [-0.2, 0) is 16.1 Å². The van der Waals surface area contributed by atoms with Crippen molar-refractivity contribution in [2.24, 2.45) is 0 Å². The fourth-order valence-corrected chi connectivity index (χ4v) is 2.57. The molecule has 1 atom stereocenters. The third-order valence-electron chi connectivity index (χ3n) is 3.64. The van der Waals surface area contributed by atoms with Gasteiger partial charge in [-0.2, -0.15) is 0 Å². The van der Waals surface area contributed by atoms with Crippen LogP contribution in [0.5, 0.6) is 5.75 Å². The monoisotopic (exact) mass is 296 g/mol. The first-order valence-electron chi connectivity index (χ1n) is 7.17. The van der Waals surface area contributed by atoms with Gasteiger partial charge in [-0.05, 0) is 23.3 Å². The number of fused-ring (bicyclic) bond motifs is 1. The molecule has 2 aromatic rings. The highest BCUT2D eigenvalue weighted by molar-refractivity contribution is 5.81. The number of rotatable bonds is 4. The van der Waals surface area contributed by atoms with Crippen LogP contribution in [-0.4, -0.2) is 16.9 Å². The number of hydrogen-bond acceptors (Lipinski definition) is 4. The lowest BCUT2D eigenvalue weighted by Gasteiger charge is -2.23. The van der Waals surface area contributed by atoms with E-state index < -0.39 is 0 Å². The summed E-state index contributed by atoms with van der Waals surface area (Å²) in [6.45, 7) is 0.436. The van der Waals surface area contributed by atoms with Crippen LogP contribution in [0.3, 0.4) is 0 Å². The molecular weight excluding hydrogens is 280 g/mol. The normalized spacial score (nSPS) is 16.5. The Morgan fingerprint density at radius 2 is 2.14 bits per heavy atom. The Kier molecular flexibility index (Phi) is 4.14. The van der Waals surface area contributed by atoms with Crippen molar-refractivity contribution in [3.05, 3.63) is 59.9 Å². The van der Waals surface area contributed by atoms with Gasteiger partial charge in [0.15, 0.2) is 0 Å². The molecule has 1 aliphatic rings. The Bertz CT molecular complexity index is 685. The minimum absolute atomic E-state index is 0.0849. The number of amides is 1. The molecule has 0 spiro atoms. The number of para-hydroxylation sites is 1.